The Hall–Kier alpha value is 0.0625. The summed E-state index contributed by atoms with van der Waals surface area (Å²) < 4.78 is 36.5. The van der Waals surface area contributed by atoms with Gasteiger partial charge in [0, 0.05) is 38.7 Å². The van der Waals surface area contributed by atoms with Crippen molar-refractivity contribution in [2.45, 2.75) is 6.92 Å². The van der Waals surface area contributed by atoms with E-state index < -0.39 is 8.60 Å². The van der Waals surface area contributed by atoms with Crippen LogP contribution in [-0.2, 0) is 44.9 Å². The van der Waals surface area contributed by atoms with Crippen LogP contribution in [0.3, 0.4) is 0 Å². The summed E-state index contributed by atoms with van der Waals surface area (Å²) in [6, 6.07) is 0. The van der Waals surface area contributed by atoms with Crippen LogP contribution in [0, 0.1) is 46.1 Å². The Balaban J connectivity index is -0.0000000313. The second-order valence-corrected chi connectivity index (χ2v) is 3.08. The SMILES string of the molecule is COP(OC)OC.[C-]#[O+].[C-]#[O+].[C-]#[O+].[CH2][CH][CH][CH]C.[Cr]. The molecule has 0 spiro atoms. The number of unbranched alkanes of at least 4 members (excludes halogenated alkanes) is 2. The van der Waals surface area contributed by atoms with Crippen molar-refractivity contribution >= 4 is 8.60 Å². The van der Waals surface area contributed by atoms with Gasteiger partial charge in [0.25, 0.3) is 0 Å². The van der Waals surface area contributed by atoms with Crippen LogP contribution in [0.15, 0.2) is 0 Å². The molecule has 0 heterocycles. The smallest absolute Gasteiger partial charge is 0 e. The molecule has 0 aliphatic heterocycles. The Bertz CT molecular complexity index is 137. The fraction of sp³-hybridized carbons (Fsp3) is 0.364. The third kappa shape index (κ3) is 71.7. The van der Waals surface area contributed by atoms with Gasteiger partial charge in [0.2, 0.25) is 0 Å². The molecule has 0 N–H and O–H groups in total. The number of hydrogen-bond acceptors (Lipinski definition) is 3. The van der Waals surface area contributed by atoms with Gasteiger partial charge in [0.05, 0.1) is 0 Å². The van der Waals surface area contributed by atoms with Crippen molar-refractivity contribution in [2.24, 2.45) is 0 Å². The standard InChI is InChI=1S/C5H8.C3H9O3P.3CO.Cr/c1-3-5-4-2;1-4-7(5-2)6-3;3*1-2;/h3-5H,1H2,2H3;1-3H3;;;;. The number of hydrogen-bond donors (Lipinski definition) is 0. The van der Waals surface area contributed by atoms with E-state index in [0.29, 0.717) is 0 Å². The summed E-state index contributed by atoms with van der Waals surface area (Å²) in [7, 11) is 3.57. The van der Waals surface area contributed by atoms with Crippen LogP contribution in [0.2, 0.25) is 0 Å². The zero-order valence-electron chi connectivity index (χ0n) is 11.2. The fourth-order valence-electron chi connectivity index (χ4n) is 0.360. The summed E-state index contributed by atoms with van der Waals surface area (Å²) in [5.74, 6) is 0. The molecule has 8 heteroatoms. The van der Waals surface area contributed by atoms with Gasteiger partial charge in [0.1, 0.15) is 0 Å². The molecule has 4 radical (unpaired) electrons. The molecule has 0 bridgehead atoms. The maximum Gasteiger partial charge on any atom is 0 e. The van der Waals surface area contributed by atoms with E-state index in [-0.39, 0.29) is 17.4 Å². The van der Waals surface area contributed by atoms with Crippen molar-refractivity contribution in [3.63, 3.8) is 0 Å². The summed E-state index contributed by atoms with van der Waals surface area (Å²) in [6.07, 6.45) is 5.58. The van der Waals surface area contributed by atoms with Gasteiger partial charge in [-0.25, -0.2) is 0 Å². The van der Waals surface area contributed by atoms with E-state index in [9.17, 15) is 0 Å². The van der Waals surface area contributed by atoms with Crippen molar-refractivity contribution in [1.29, 1.82) is 0 Å². The molecule has 0 rings (SSSR count). The zero-order chi connectivity index (χ0) is 15.8. The van der Waals surface area contributed by atoms with Crippen molar-refractivity contribution in [3.05, 3.63) is 46.1 Å². The summed E-state index contributed by atoms with van der Waals surface area (Å²) in [5, 5.41) is 0. The van der Waals surface area contributed by atoms with Crippen LogP contribution in [0.1, 0.15) is 6.92 Å². The van der Waals surface area contributed by atoms with Crippen LogP contribution in [0.25, 0.3) is 0 Å². The van der Waals surface area contributed by atoms with Gasteiger partial charge in [-0.3, -0.25) is 0 Å². The fourth-order valence-corrected chi connectivity index (χ4v) is 0.807. The van der Waals surface area contributed by atoms with Crippen molar-refractivity contribution < 1.29 is 44.9 Å². The minimum absolute atomic E-state index is 0. The molecule has 0 aromatic carbocycles. The molecule has 0 atom stereocenters. The first kappa shape index (κ1) is 36.4. The van der Waals surface area contributed by atoms with Gasteiger partial charge in [0.15, 0.2) is 0 Å². The molecule has 0 aromatic rings. The molecular weight excluding hydrogens is 311 g/mol. The predicted molar refractivity (Wildman–Crippen MR) is 63.7 cm³/mol. The third-order valence-electron chi connectivity index (χ3n) is 0.776. The summed E-state index contributed by atoms with van der Waals surface area (Å²) in [6.45, 7) is 18.9. The van der Waals surface area contributed by atoms with Gasteiger partial charge in [-0.1, -0.05) is 6.92 Å². The molecule has 0 saturated heterocycles. The van der Waals surface area contributed by atoms with Gasteiger partial charge in [-0.2, -0.15) is 0 Å². The second kappa shape index (κ2) is 64.0. The Morgan fingerprint density at radius 1 is 0.895 bits per heavy atom. The molecule has 0 unspecified atom stereocenters. The van der Waals surface area contributed by atoms with Crippen molar-refractivity contribution in [3.8, 4) is 0 Å². The predicted octanol–water partition coefficient (Wildman–Crippen LogP) is 2.49. The van der Waals surface area contributed by atoms with Crippen LogP contribution >= 0.6 is 8.60 Å². The average Bonchev–Trinajstić information content (AvgIpc) is 2.49. The minimum Gasteiger partial charge on any atom is -0.0620 e. The van der Waals surface area contributed by atoms with Gasteiger partial charge >= 0.3 is 42.5 Å². The topological polar surface area (TPSA) is 87.4 Å². The molecule has 0 fully saturated rings. The normalized spacial score (nSPS) is 6.32. The monoisotopic (exact) mass is 328 g/mol. The van der Waals surface area contributed by atoms with E-state index >= 15 is 0 Å². The van der Waals surface area contributed by atoms with E-state index in [4.69, 9.17) is 14.0 Å². The molecule has 0 amide bonds. The molecule has 0 aliphatic rings. The van der Waals surface area contributed by atoms with Gasteiger partial charge in [-0.15, -0.1) is 0 Å². The van der Waals surface area contributed by atoms with Crippen LogP contribution in [-0.4, -0.2) is 21.3 Å². The molecule has 0 aromatic heterocycles. The molecule has 19 heavy (non-hydrogen) atoms. The average molecular weight is 328 g/mol. The minimum atomic E-state index is -1.05. The van der Waals surface area contributed by atoms with E-state index in [1.807, 2.05) is 19.8 Å². The Labute approximate surface area is 128 Å². The first-order valence-corrected chi connectivity index (χ1v) is 5.13. The van der Waals surface area contributed by atoms with E-state index in [1.165, 1.54) is 0 Å². The maximum atomic E-state index is 7.50. The molecule has 108 valence electrons. The van der Waals surface area contributed by atoms with E-state index in [0.717, 1.165) is 0 Å². The van der Waals surface area contributed by atoms with Crippen molar-refractivity contribution in [1.82, 2.24) is 0 Å². The second-order valence-electron chi connectivity index (χ2n) is 1.53. The quantitative estimate of drug-likeness (QED) is 0.441. The molecular formula is C11H17CrO6P. The summed E-state index contributed by atoms with van der Waals surface area (Å²) in [4.78, 5) is 0. The molecule has 0 saturated carbocycles. The maximum absolute atomic E-state index is 7.50. The summed E-state index contributed by atoms with van der Waals surface area (Å²) >= 11 is 0. The van der Waals surface area contributed by atoms with Gasteiger partial charge in [-0.05, 0) is 26.2 Å². The van der Waals surface area contributed by atoms with E-state index in [2.05, 4.69) is 40.4 Å². The largest absolute Gasteiger partial charge is 0.0620 e. The number of rotatable bonds is 5. The third-order valence-corrected chi connectivity index (χ3v) is 1.67. The first-order chi connectivity index (χ1) is 8.76. The van der Waals surface area contributed by atoms with Crippen LogP contribution < -0.4 is 0 Å². The Morgan fingerprint density at radius 3 is 1.16 bits per heavy atom. The Morgan fingerprint density at radius 2 is 1.16 bits per heavy atom. The summed E-state index contributed by atoms with van der Waals surface area (Å²) in [5.41, 5.74) is 0. The van der Waals surface area contributed by atoms with Crippen molar-refractivity contribution in [2.75, 3.05) is 21.3 Å². The molecule has 0 aliphatic carbocycles. The zero-order valence-corrected chi connectivity index (χ0v) is 13.4. The van der Waals surface area contributed by atoms with Gasteiger partial charge < -0.3 is 13.6 Å². The molecule has 6 nitrogen and oxygen atoms in total. The Kier molecular flexibility index (Phi) is 123. The van der Waals surface area contributed by atoms with Crippen LogP contribution in [0.4, 0.5) is 0 Å². The first-order valence-electron chi connectivity index (χ1n) is 4.04. The van der Waals surface area contributed by atoms with E-state index in [1.54, 1.807) is 27.8 Å². The van der Waals surface area contributed by atoms with Crippen LogP contribution in [0.5, 0.6) is 0 Å².